The Hall–Kier alpha value is -0.840. The van der Waals surface area contributed by atoms with Crippen molar-refractivity contribution in [2.45, 2.75) is 39.0 Å². The second-order valence-corrected chi connectivity index (χ2v) is 6.93. The predicted octanol–water partition coefficient (Wildman–Crippen LogP) is 2.46. The number of furan rings is 1. The average Bonchev–Trinajstić information content (AvgIpc) is 3.09. The summed E-state index contributed by atoms with van der Waals surface area (Å²) < 4.78 is 11.6. The molecule has 0 bridgehead atoms. The lowest BCUT2D eigenvalue weighted by molar-refractivity contribution is 0.0488. The maximum absolute atomic E-state index is 6.11. The van der Waals surface area contributed by atoms with Gasteiger partial charge in [0.05, 0.1) is 25.5 Å². The van der Waals surface area contributed by atoms with Gasteiger partial charge in [-0.15, -0.1) is 0 Å². The summed E-state index contributed by atoms with van der Waals surface area (Å²) in [5.41, 5.74) is 0. The first-order valence-corrected chi connectivity index (χ1v) is 8.20. The zero-order chi connectivity index (χ0) is 14.8. The second kappa shape index (κ2) is 6.51. The summed E-state index contributed by atoms with van der Waals surface area (Å²) in [5.74, 6) is 2.50. The molecule has 3 heterocycles. The Morgan fingerprint density at radius 1 is 1.43 bits per heavy atom. The molecule has 118 valence electrons. The number of hydrogen-bond donors (Lipinski definition) is 0. The van der Waals surface area contributed by atoms with Gasteiger partial charge in [-0.25, -0.2) is 0 Å². The van der Waals surface area contributed by atoms with Crippen LogP contribution >= 0.6 is 0 Å². The van der Waals surface area contributed by atoms with E-state index in [0.717, 1.165) is 44.5 Å². The van der Waals surface area contributed by atoms with Crippen LogP contribution in [0.25, 0.3) is 0 Å². The molecule has 3 rings (SSSR count). The Morgan fingerprint density at radius 3 is 3.00 bits per heavy atom. The highest BCUT2D eigenvalue weighted by atomic mass is 16.5. The van der Waals surface area contributed by atoms with E-state index in [1.807, 2.05) is 6.07 Å². The fourth-order valence-electron chi connectivity index (χ4n) is 3.61. The highest BCUT2D eigenvalue weighted by Gasteiger charge is 2.41. The number of ether oxygens (including phenoxy) is 1. The van der Waals surface area contributed by atoms with Gasteiger partial charge in [-0.2, -0.15) is 0 Å². The third kappa shape index (κ3) is 3.50. The van der Waals surface area contributed by atoms with Crippen LogP contribution in [0.5, 0.6) is 0 Å². The molecule has 2 fully saturated rings. The number of piperidine rings is 1. The maximum atomic E-state index is 6.11. The van der Waals surface area contributed by atoms with E-state index in [1.54, 1.807) is 6.26 Å². The monoisotopic (exact) mass is 292 g/mol. The fourth-order valence-corrected chi connectivity index (χ4v) is 3.61. The molecule has 0 spiro atoms. The molecule has 2 aliphatic rings. The van der Waals surface area contributed by atoms with Gasteiger partial charge in [-0.3, -0.25) is 4.90 Å². The van der Waals surface area contributed by atoms with Crippen LogP contribution in [0, 0.1) is 11.8 Å². The van der Waals surface area contributed by atoms with E-state index >= 15 is 0 Å². The van der Waals surface area contributed by atoms with Crippen LogP contribution in [0.1, 0.15) is 26.0 Å². The Bertz CT molecular complexity index is 432. The van der Waals surface area contributed by atoms with Crippen LogP contribution < -0.4 is 0 Å². The van der Waals surface area contributed by atoms with Gasteiger partial charge in [0.2, 0.25) is 0 Å². The van der Waals surface area contributed by atoms with Crippen molar-refractivity contribution in [3.05, 3.63) is 24.2 Å². The van der Waals surface area contributed by atoms with Crippen molar-refractivity contribution in [3.63, 3.8) is 0 Å². The van der Waals surface area contributed by atoms with Gasteiger partial charge < -0.3 is 14.1 Å². The van der Waals surface area contributed by atoms with E-state index in [4.69, 9.17) is 9.15 Å². The van der Waals surface area contributed by atoms with E-state index in [2.05, 4.69) is 36.8 Å². The van der Waals surface area contributed by atoms with Crippen LogP contribution in [0.3, 0.4) is 0 Å². The molecule has 2 saturated heterocycles. The summed E-state index contributed by atoms with van der Waals surface area (Å²) in [6.07, 6.45) is 3.44. The maximum Gasteiger partial charge on any atom is 0.117 e. The van der Waals surface area contributed by atoms with Crippen molar-refractivity contribution in [1.82, 2.24) is 9.80 Å². The topological polar surface area (TPSA) is 28.9 Å². The molecule has 21 heavy (non-hydrogen) atoms. The van der Waals surface area contributed by atoms with Crippen molar-refractivity contribution in [3.8, 4) is 0 Å². The molecule has 4 nitrogen and oxygen atoms in total. The second-order valence-electron chi connectivity index (χ2n) is 6.93. The zero-order valence-corrected chi connectivity index (χ0v) is 13.5. The Kier molecular flexibility index (Phi) is 4.67. The summed E-state index contributed by atoms with van der Waals surface area (Å²) in [5, 5.41) is 0. The smallest absolute Gasteiger partial charge is 0.117 e. The van der Waals surface area contributed by atoms with E-state index in [0.29, 0.717) is 18.1 Å². The number of likely N-dealkylation sites (N-methyl/N-ethyl adjacent to an activating group) is 1. The van der Waals surface area contributed by atoms with Gasteiger partial charge >= 0.3 is 0 Å². The minimum absolute atomic E-state index is 0.424. The minimum atomic E-state index is 0.424. The van der Waals surface area contributed by atoms with Gasteiger partial charge in [0.1, 0.15) is 5.76 Å². The highest BCUT2D eigenvalue weighted by Crippen LogP contribution is 2.35. The van der Waals surface area contributed by atoms with Crippen LogP contribution in [-0.4, -0.2) is 55.2 Å². The SMILES string of the molecule is CC(C)N(C)C[C@@H]1OC[C@H]2CN(Cc3ccco3)CC[C@H]21. The van der Waals surface area contributed by atoms with Gasteiger partial charge in [-0.1, -0.05) is 0 Å². The summed E-state index contributed by atoms with van der Waals surface area (Å²) in [7, 11) is 2.20. The number of fused-ring (bicyclic) bond motifs is 1. The van der Waals surface area contributed by atoms with Crippen molar-refractivity contribution in [2.24, 2.45) is 11.8 Å². The number of hydrogen-bond acceptors (Lipinski definition) is 4. The first-order valence-electron chi connectivity index (χ1n) is 8.20. The molecular weight excluding hydrogens is 264 g/mol. The fraction of sp³-hybridized carbons (Fsp3) is 0.765. The number of likely N-dealkylation sites (tertiary alicyclic amines) is 1. The number of rotatable bonds is 5. The third-order valence-electron chi connectivity index (χ3n) is 5.19. The van der Waals surface area contributed by atoms with Crippen molar-refractivity contribution >= 4 is 0 Å². The molecule has 0 unspecified atom stereocenters. The average molecular weight is 292 g/mol. The predicted molar refractivity (Wildman–Crippen MR) is 83.1 cm³/mol. The van der Waals surface area contributed by atoms with Gasteiger partial charge in [-0.05, 0) is 51.9 Å². The standard InChI is InChI=1S/C17H28N2O2/c1-13(2)18(3)11-17-16-6-7-19(9-14(16)12-21-17)10-15-5-4-8-20-15/h4-5,8,13-14,16-17H,6-7,9-12H2,1-3H3/t14-,16-,17+/m1/s1. The van der Waals surface area contributed by atoms with Gasteiger partial charge in [0.15, 0.2) is 0 Å². The molecule has 0 N–H and O–H groups in total. The summed E-state index contributed by atoms with van der Waals surface area (Å²) in [6, 6.07) is 4.63. The van der Waals surface area contributed by atoms with E-state index in [1.165, 1.54) is 6.42 Å². The Labute approximate surface area is 128 Å². The number of nitrogens with zero attached hydrogens (tertiary/aromatic N) is 2. The van der Waals surface area contributed by atoms with Crippen molar-refractivity contribution in [2.75, 3.05) is 33.3 Å². The van der Waals surface area contributed by atoms with E-state index < -0.39 is 0 Å². The quantitative estimate of drug-likeness (QED) is 0.833. The summed E-state index contributed by atoms with van der Waals surface area (Å²) in [6.45, 7) is 9.73. The minimum Gasteiger partial charge on any atom is -0.468 e. The van der Waals surface area contributed by atoms with Crippen LogP contribution in [0.4, 0.5) is 0 Å². The Balaban J connectivity index is 1.52. The zero-order valence-electron chi connectivity index (χ0n) is 13.5. The third-order valence-corrected chi connectivity index (χ3v) is 5.19. The van der Waals surface area contributed by atoms with Gasteiger partial charge in [0.25, 0.3) is 0 Å². The molecule has 0 saturated carbocycles. The molecular formula is C17H28N2O2. The lowest BCUT2D eigenvalue weighted by atomic mass is 9.84. The highest BCUT2D eigenvalue weighted by molar-refractivity contribution is 4.99. The first kappa shape index (κ1) is 15.1. The largest absolute Gasteiger partial charge is 0.468 e. The molecule has 0 amide bonds. The summed E-state index contributed by atoms with van der Waals surface area (Å²) in [4.78, 5) is 4.92. The molecule has 0 aromatic carbocycles. The summed E-state index contributed by atoms with van der Waals surface area (Å²) >= 11 is 0. The molecule has 4 heteroatoms. The molecule has 1 aromatic heterocycles. The van der Waals surface area contributed by atoms with E-state index in [9.17, 15) is 0 Å². The van der Waals surface area contributed by atoms with Crippen LogP contribution in [0.2, 0.25) is 0 Å². The molecule has 1 aromatic rings. The molecule has 0 radical (unpaired) electrons. The lowest BCUT2D eigenvalue weighted by Crippen LogP contribution is -2.44. The van der Waals surface area contributed by atoms with Gasteiger partial charge in [0, 0.05) is 25.0 Å². The molecule has 2 aliphatic heterocycles. The van der Waals surface area contributed by atoms with E-state index in [-0.39, 0.29) is 0 Å². The van der Waals surface area contributed by atoms with Crippen LogP contribution in [0.15, 0.2) is 22.8 Å². The first-order chi connectivity index (χ1) is 10.1. The lowest BCUT2D eigenvalue weighted by Gasteiger charge is -2.36. The molecule has 3 atom stereocenters. The van der Waals surface area contributed by atoms with Crippen molar-refractivity contribution in [1.29, 1.82) is 0 Å². The van der Waals surface area contributed by atoms with Crippen molar-refractivity contribution < 1.29 is 9.15 Å². The normalized spacial score (nSPS) is 30.2. The molecule has 0 aliphatic carbocycles. The Morgan fingerprint density at radius 2 is 2.29 bits per heavy atom. The van der Waals surface area contributed by atoms with Crippen LogP contribution in [-0.2, 0) is 11.3 Å².